The Morgan fingerprint density at radius 1 is 1.06 bits per heavy atom. The molecule has 0 aliphatic carbocycles. The van der Waals surface area contributed by atoms with E-state index in [9.17, 15) is 4.79 Å². The van der Waals surface area contributed by atoms with Crippen LogP contribution in [0.15, 0.2) is 48.5 Å². The van der Waals surface area contributed by atoms with Crippen molar-refractivity contribution < 1.29 is 14.3 Å². The van der Waals surface area contributed by atoms with Crippen molar-refractivity contribution in [1.29, 1.82) is 0 Å². The van der Waals surface area contributed by atoms with Gasteiger partial charge in [-0.1, -0.05) is 24.3 Å². The molecular weight excluding hydrogens is 416 g/mol. The molecule has 2 aromatic carbocycles. The van der Waals surface area contributed by atoms with Crippen LogP contribution in [0.4, 0.5) is 0 Å². The Labute approximate surface area is 194 Å². The summed E-state index contributed by atoms with van der Waals surface area (Å²) in [7, 11) is 1.69. The van der Waals surface area contributed by atoms with Crippen LogP contribution in [-0.2, 0) is 22.6 Å². The second-order valence-corrected chi connectivity index (χ2v) is 8.96. The van der Waals surface area contributed by atoms with E-state index in [4.69, 9.17) is 14.5 Å². The molecule has 5 rings (SSSR count). The number of amides is 1. The third-order valence-corrected chi connectivity index (χ3v) is 6.78. The maximum Gasteiger partial charge on any atom is 0.227 e. The normalized spacial score (nSPS) is 19.7. The van der Waals surface area contributed by atoms with Crippen molar-refractivity contribution in [3.63, 3.8) is 0 Å². The van der Waals surface area contributed by atoms with Gasteiger partial charge in [-0.2, -0.15) is 0 Å². The van der Waals surface area contributed by atoms with Crippen molar-refractivity contribution in [3.05, 3.63) is 59.9 Å². The molecule has 0 spiro atoms. The average Bonchev–Trinajstić information content (AvgIpc) is 3.21. The van der Waals surface area contributed by atoms with Gasteiger partial charge in [0.15, 0.2) is 0 Å². The number of aromatic nitrogens is 2. The van der Waals surface area contributed by atoms with Crippen LogP contribution < -0.4 is 4.74 Å². The minimum Gasteiger partial charge on any atom is -0.497 e. The Morgan fingerprint density at radius 3 is 2.64 bits per heavy atom. The molecule has 1 amide bonds. The van der Waals surface area contributed by atoms with E-state index in [0.29, 0.717) is 26.3 Å². The van der Waals surface area contributed by atoms with E-state index < -0.39 is 0 Å². The standard InChI is InChI=1S/C26H32N4O3/c1-32-22-10-8-20(9-11-22)17-30-24-7-3-2-6-23(24)27-25(30)19-28-12-4-5-21(18-28)26(31)29-13-15-33-16-14-29/h2-3,6-11,21H,4-5,12-19H2,1H3/t21-/m1/s1. The second kappa shape index (κ2) is 9.93. The topological polar surface area (TPSA) is 59.8 Å². The van der Waals surface area contributed by atoms with Crippen molar-refractivity contribution in [3.8, 4) is 5.75 Å². The number of likely N-dealkylation sites (tertiary alicyclic amines) is 1. The zero-order valence-corrected chi connectivity index (χ0v) is 19.3. The highest BCUT2D eigenvalue weighted by Crippen LogP contribution is 2.24. The number of hydrogen-bond acceptors (Lipinski definition) is 5. The SMILES string of the molecule is COc1ccc(Cn2c(CN3CCC[C@@H](C(=O)N4CCOCC4)C3)nc3ccccc32)cc1. The lowest BCUT2D eigenvalue weighted by atomic mass is 9.96. The Bertz CT molecular complexity index is 1090. The number of carbonyl (C=O) groups excluding carboxylic acids is 1. The molecule has 2 saturated heterocycles. The summed E-state index contributed by atoms with van der Waals surface area (Å²) < 4.78 is 13.0. The summed E-state index contributed by atoms with van der Waals surface area (Å²) in [4.78, 5) is 22.4. The van der Waals surface area contributed by atoms with E-state index >= 15 is 0 Å². The van der Waals surface area contributed by atoms with Crippen molar-refractivity contribution in [1.82, 2.24) is 19.4 Å². The number of hydrogen-bond donors (Lipinski definition) is 0. The molecular formula is C26H32N4O3. The molecule has 0 unspecified atom stereocenters. The van der Waals surface area contributed by atoms with Gasteiger partial charge in [-0.3, -0.25) is 9.69 Å². The van der Waals surface area contributed by atoms with Crippen LogP contribution in [-0.4, -0.2) is 71.8 Å². The van der Waals surface area contributed by atoms with E-state index in [1.807, 2.05) is 23.1 Å². The summed E-state index contributed by atoms with van der Waals surface area (Å²) in [5, 5.41) is 0. The number of benzene rings is 2. The van der Waals surface area contributed by atoms with Gasteiger partial charge in [-0.15, -0.1) is 0 Å². The lowest BCUT2D eigenvalue weighted by molar-refractivity contribution is -0.141. The fraction of sp³-hybridized carbons (Fsp3) is 0.462. The number of morpholine rings is 1. The maximum absolute atomic E-state index is 13.1. The van der Waals surface area contributed by atoms with Gasteiger partial charge in [0, 0.05) is 26.2 Å². The minimum absolute atomic E-state index is 0.0660. The van der Waals surface area contributed by atoms with E-state index in [1.165, 1.54) is 5.56 Å². The van der Waals surface area contributed by atoms with Gasteiger partial charge in [0.05, 0.1) is 43.8 Å². The molecule has 0 radical (unpaired) electrons. The molecule has 0 saturated carbocycles. The highest BCUT2D eigenvalue weighted by molar-refractivity contribution is 5.79. The molecule has 1 aromatic heterocycles. The number of methoxy groups -OCH3 is 1. The summed E-state index contributed by atoms with van der Waals surface area (Å²) >= 11 is 0. The van der Waals surface area contributed by atoms with E-state index in [-0.39, 0.29) is 11.8 Å². The largest absolute Gasteiger partial charge is 0.497 e. The predicted octanol–water partition coefficient (Wildman–Crippen LogP) is 3.16. The van der Waals surface area contributed by atoms with Gasteiger partial charge in [0.1, 0.15) is 11.6 Å². The zero-order valence-electron chi connectivity index (χ0n) is 19.3. The maximum atomic E-state index is 13.1. The Kier molecular flexibility index (Phi) is 6.60. The molecule has 174 valence electrons. The summed E-state index contributed by atoms with van der Waals surface area (Å²) in [6, 6.07) is 16.5. The van der Waals surface area contributed by atoms with E-state index in [1.54, 1.807) is 7.11 Å². The third kappa shape index (κ3) is 4.89. The van der Waals surface area contributed by atoms with Crippen molar-refractivity contribution in [2.75, 3.05) is 46.5 Å². The minimum atomic E-state index is 0.0660. The number of imidazole rings is 1. The number of piperidine rings is 1. The van der Waals surface area contributed by atoms with Crippen LogP contribution in [0, 0.1) is 5.92 Å². The monoisotopic (exact) mass is 448 g/mol. The summed E-state index contributed by atoms with van der Waals surface area (Å²) in [6.07, 6.45) is 2.01. The van der Waals surface area contributed by atoms with Gasteiger partial charge >= 0.3 is 0 Å². The van der Waals surface area contributed by atoms with Gasteiger partial charge in [-0.25, -0.2) is 4.98 Å². The number of carbonyl (C=O) groups is 1. The predicted molar refractivity (Wildman–Crippen MR) is 127 cm³/mol. The number of ether oxygens (including phenoxy) is 2. The second-order valence-electron chi connectivity index (χ2n) is 8.96. The third-order valence-electron chi connectivity index (χ3n) is 6.78. The van der Waals surface area contributed by atoms with E-state index in [2.05, 4.69) is 39.8 Å². The van der Waals surface area contributed by atoms with Crippen molar-refractivity contribution in [2.24, 2.45) is 5.92 Å². The van der Waals surface area contributed by atoms with Crippen LogP contribution in [0.2, 0.25) is 0 Å². The van der Waals surface area contributed by atoms with E-state index in [0.717, 1.165) is 61.6 Å². The molecule has 33 heavy (non-hydrogen) atoms. The van der Waals surface area contributed by atoms with Crippen LogP contribution >= 0.6 is 0 Å². The fourth-order valence-corrected chi connectivity index (χ4v) is 4.98. The van der Waals surface area contributed by atoms with Crippen molar-refractivity contribution >= 4 is 16.9 Å². The molecule has 0 N–H and O–H groups in total. The summed E-state index contributed by atoms with van der Waals surface area (Å²) in [6.45, 7) is 6.03. The van der Waals surface area contributed by atoms with Crippen LogP contribution in [0.1, 0.15) is 24.2 Å². The first kappa shape index (κ1) is 21.9. The molecule has 2 aliphatic heterocycles. The van der Waals surface area contributed by atoms with Gasteiger partial charge in [0.25, 0.3) is 0 Å². The molecule has 2 aliphatic rings. The first-order valence-electron chi connectivity index (χ1n) is 11.9. The Balaban J connectivity index is 1.34. The zero-order chi connectivity index (χ0) is 22.6. The van der Waals surface area contributed by atoms with Crippen LogP contribution in [0.3, 0.4) is 0 Å². The lowest BCUT2D eigenvalue weighted by Crippen LogP contribution is -2.48. The number of nitrogens with zero attached hydrogens (tertiary/aromatic N) is 4. The smallest absolute Gasteiger partial charge is 0.227 e. The quantitative estimate of drug-likeness (QED) is 0.580. The first-order chi connectivity index (χ1) is 16.2. The fourth-order valence-electron chi connectivity index (χ4n) is 4.98. The van der Waals surface area contributed by atoms with Gasteiger partial charge in [0.2, 0.25) is 5.91 Å². The Morgan fingerprint density at radius 2 is 1.85 bits per heavy atom. The molecule has 1 atom stereocenters. The molecule has 7 nitrogen and oxygen atoms in total. The lowest BCUT2D eigenvalue weighted by Gasteiger charge is -2.36. The summed E-state index contributed by atoms with van der Waals surface area (Å²) in [5.74, 6) is 2.26. The van der Waals surface area contributed by atoms with Crippen molar-refractivity contribution in [2.45, 2.75) is 25.9 Å². The number of rotatable bonds is 6. The molecule has 7 heteroatoms. The molecule has 3 aromatic rings. The molecule has 2 fully saturated rings. The molecule has 0 bridgehead atoms. The first-order valence-corrected chi connectivity index (χ1v) is 11.9. The van der Waals surface area contributed by atoms with Gasteiger partial charge in [-0.05, 0) is 49.2 Å². The van der Waals surface area contributed by atoms with Crippen LogP contribution in [0.5, 0.6) is 5.75 Å². The van der Waals surface area contributed by atoms with Gasteiger partial charge < -0.3 is 18.9 Å². The number of para-hydroxylation sites is 2. The average molecular weight is 449 g/mol. The molecule has 3 heterocycles. The summed E-state index contributed by atoms with van der Waals surface area (Å²) in [5.41, 5.74) is 3.36. The Hall–Kier alpha value is -2.90. The highest BCUT2D eigenvalue weighted by atomic mass is 16.5. The highest BCUT2D eigenvalue weighted by Gasteiger charge is 2.30. The van der Waals surface area contributed by atoms with Crippen LogP contribution in [0.25, 0.3) is 11.0 Å². The number of fused-ring (bicyclic) bond motifs is 1.